The van der Waals surface area contributed by atoms with Gasteiger partial charge in [-0.2, -0.15) is 5.10 Å². The minimum absolute atomic E-state index is 0.131. The highest BCUT2D eigenvalue weighted by atomic mass is 16.5. The largest absolute Gasteiger partial charge is 0.489 e. The second-order valence-corrected chi connectivity index (χ2v) is 6.20. The number of hydrogen-bond acceptors (Lipinski definition) is 5. The third kappa shape index (κ3) is 6.07. The molecule has 0 bridgehead atoms. The lowest BCUT2D eigenvalue weighted by molar-refractivity contribution is -0.139. The van der Waals surface area contributed by atoms with E-state index in [9.17, 15) is 9.59 Å². The van der Waals surface area contributed by atoms with Gasteiger partial charge in [-0.25, -0.2) is 5.43 Å². The lowest BCUT2D eigenvalue weighted by Gasteiger charge is -2.07. The zero-order valence-electron chi connectivity index (χ0n) is 15.9. The summed E-state index contributed by atoms with van der Waals surface area (Å²) in [6, 6.07) is 20.6. The van der Waals surface area contributed by atoms with Crippen LogP contribution in [0.2, 0.25) is 0 Å². The molecule has 0 radical (unpaired) electrons. The van der Waals surface area contributed by atoms with Crippen LogP contribution in [-0.4, -0.2) is 17.5 Å². The Hall–Kier alpha value is -3.87. The fourth-order valence-corrected chi connectivity index (χ4v) is 2.44. The first-order chi connectivity index (χ1) is 14.1. The number of nitrogens with one attached hydrogen (secondary N) is 2. The molecule has 1 aromatic heterocycles. The molecule has 0 aliphatic rings. The maximum Gasteiger partial charge on any atom is 0.329 e. The first kappa shape index (κ1) is 19.9. The van der Waals surface area contributed by atoms with E-state index in [1.54, 1.807) is 19.1 Å². The van der Waals surface area contributed by atoms with Crippen LogP contribution in [0.4, 0.5) is 0 Å². The maximum atomic E-state index is 11.8. The summed E-state index contributed by atoms with van der Waals surface area (Å²) in [5.41, 5.74) is 4.69. The first-order valence-corrected chi connectivity index (χ1v) is 9.04. The molecule has 0 fully saturated rings. The molecular weight excluding hydrogens is 370 g/mol. The van der Waals surface area contributed by atoms with E-state index in [4.69, 9.17) is 9.15 Å². The number of hydrogen-bond donors (Lipinski definition) is 2. The number of benzene rings is 2. The van der Waals surface area contributed by atoms with Gasteiger partial charge in [-0.1, -0.05) is 30.3 Å². The minimum atomic E-state index is -0.848. The van der Waals surface area contributed by atoms with Crippen LogP contribution in [-0.2, 0) is 22.7 Å². The van der Waals surface area contributed by atoms with E-state index < -0.39 is 11.8 Å². The number of carbonyl (C=O) groups excluding carboxylic acids is 2. The summed E-state index contributed by atoms with van der Waals surface area (Å²) in [4.78, 5) is 23.6. The van der Waals surface area contributed by atoms with Crippen molar-refractivity contribution < 1.29 is 18.7 Å². The van der Waals surface area contributed by atoms with Crippen LogP contribution in [0.25, 0.3) is 0 Å². The Balaban J connectivity index is 1.48. The number of rotatable bonds is 7. The molecule has 2 aromatic carbocycles. The smallest absolute Gasteiger partial charge is 0.329 e. The van der Waals surface area contributed by atoms with Crippen LogP contribution >= 0.6 is 0 Å². The van der Waals surface area contributed by atoms with Gasteiger partial charge in [-0.05, 0) is 54.4 Å². The summed E-state index contributed by atoms with van der Waals surface area (Å²) < 4.78 is 10.8. The summed E-state index contributed by atoms with van der Waals surface area (Å²) in [5.74, 6) is -0.353. The number of amides is 2. The Kier molecular flexibility index (Phi) is 6.78. The van der Waals surface area contributed by atoms with Gasteiger partial charge in [0.25, 0.3) is 0 Å². The molecule has 148 valence electrons. The Morgan fingerprint density at radius 1 is 0.966 bits per heavy atom. The summed E-state index contributed by atoms with van der Waals surface area (Å²) in [7, 11) is 0. The molecule has 3 rings (SSSR count). The third-order valence-electron chi connectivity index (χ3n) is 4.06. The highest BCUT2D eigenvalue weighted by Gasteiger charge is 2.13. The van der Waals surface area contributed by atoms with E-state index in [1.165, 1.54) is 6.26 Å². The zero-order valence-corrected chi connectivity index (χ0v) is 15.9. The standard InChI is InChI=1S/C22H21N3O4/c1-16(24-25-22(27)21(26)23-14-20-8-5-13-28-20)18-9-11-19(12-10-18)29-15-17-6-3-2-4-7-17/h2-13H,14-15H2,1H3,(H,23,26)(H,25,27)/b24-16-. The van der Waals surface area contributed by atoms with Crippen LogP contribution in [0.5, 0.6) is 5.75 Å². The molecule has 7 nitrogen and oxygen atoms in total. The minimum Gasteiger partial charge on any atom is -0.489 e. The lowest BCUT2D eigenvalue weighted by atomic mass is 10.1. The molecule has 0 spiro atoms. The van der Waals surface area contributed by atoms with Gasteiger partial charge in [-0.3, -0.25) is 9.59 Å². The van der Waals surface area contributed by atoms with Crippen molar-refractivity contribution in [2.24, 2.45) is 5.10 Å². The predicted molar refractivity (Wildman–Crippen MR) is 108 cm³/mol. The molecule has 7 heteroatoms. The number of furan rings is 1. The first-order valence-electron chi connectivity index (χ1n) is 9.04. The van der Waals surface area contributed by atoms with E-state index >= 15 is 0 Å². The van der Waals surface area contributed by atoms with E-state index in [0.717, 1.165) is 16.9 Å². The summed E-state index contributed by atoms with van der Waals surface area (Å²) in [6.45, 7) is 2.35. The highest BCUT2D eigenvalue weighted by molar-refractivity contribution is 6.35. The Morgan fingerprint density at radius 2 is 1.72 bits per heavy atom. The summed E-state index contributed by atoms with van der Waals surface area (Å²) in [6.07, 6.45) is 1.49. The fraction of sp³-hybridized carbons (Fsp3) is 0.136. The van der Waals surface area contributed by atoms with Gasteiger partial charge >= 0.3 is 11.8 Å². The average Bonchev–Trinajstić information content (AvgIpc) is 3.29. The van der Waals surface area contributed by atoms with Crippen molar-refractivity contribution >= 4 is 17.5 Å². The van der Waals surface area contributed by atoms with Crippen LogP contribution in [0, 0.1) is 0 Å². The molecule has 0 unspecified atom stereocenters. The van der Waals surface area contributed by atoms with Crippen LogP contribution in [0.1, 0.15) is 23.8 Å². The molecule has 2 N–H and O–H groups in total. The van der Waals surface area contributed by atoms with E-state index in [2.05, 4.69) is 15.8 Å². The van der Waals surface area contributed by atoms with Crippen LogP contribution < -0.4 is 15.5 Å². The second-order valence-electron chi connectivity index (χ2n) is 6.20. The van der Waals surface area contributed by atoms with Gasteiger partial charge in [-0.15, -0.1) is 0 Å². The van der Waals surface area contributed by atoms with Crippen molar-refractivity contribution in [3.8, 4) is 5.75 Å². The van der Waals surface area contributed by atoms with Crippen molar-refractivity contribution in [3.05, 3.63) is 89.9 Å². The van der Waals surface area contributed by atoms with E-state index in [1.807, 2.05) is 54.6 Å². The molecule has 0 saturated carbocycles. The monoisotopic (exact) mass is 391 g/mol. The molecule has 0 saturated heterocycles. The number of nitrogens with zero attached hydrogens (tertiary/aromatic N) is 1. The SMILES string of the molecule is C/C(=N/NC(=O)C(=O)NCc1ccco1)c1ccc(OCc2ccccc2)cc1. The fourth-order valence-electron chi connectivity index (χ4n) is 2.44. The molecule has 2 amide bonds. The van der Waals surface area contributed by atoms with E-state index in [0.29, 0.717) is 18.1 Å². The summed E-state index contributed by atoms with van der Waals surface area (Å²) in [5, 5.41) is 6.43. The van der Waals surface area contributed by atoms with Crippen LogP contribution in [0.3, 0.4) is 0 Å². The van der Waals surface area contributed by atoms with Gasteiger partial charge in [0.15, 0.2) is 0 Å². The molecule has 0 aliphatic heterocycles. The van der Waals surface area contributed by atoms with Crippen molar-refractivity contribution in [3.63, 3.8) is 0 Å². The number of carbonyl (C=O) groups is 2. The van der Waals surface area contributed by atoms with Gasteiger partial charge in [0.1, 0.15) is 18.1 Å². The molecule has 29 heavy (non-hydrogen) atoms. The number of ether oxygens (including phenoxy) is 1. The average molecular weight is 391 g/mol. The quantitative estimate of drug-likeness (QED) is 0.368. The van der Waals surface area contributed by atoms with Crippen molar-refractivity contribution in [1.82, 2.24) is 10.7 Å². The van der Waals surface area contributed by atoms with Gasteiger partial charge in [0, 0.05) is 0 Å². The van der Waals surface area contributed by atoms with Gasteiger partial charge in [0.05, 0.1) is 18.5 Å². The topological polar surface area (TPSA) is 92.9 Å². The number of hydrazone groups is 1. The van der Waals surface area contributed by atoms with Crippen molar-refractivity contribution in [2.45, 2.75) is 20.1 Å². The normalized spacial score (nSPS) is 11.0. The Bertz CT molecular complexity index is 965. The molecule has 0 atom stereocenters. The highest BCUT2D eigenvalue weighted by Crippen LogP contribution is 2.14. The second kappa shape index (κ2) is 9.89. The lowest BCUT2D eigenvalue weighted by Crippen LogP contribution is -2.37. The molecule has 0 aliphatic carbocycles. The van der Waals surface area contributed by atoms with E-state index in [-0.39, 0.29) is 6.54 Å². The molecule has 3 aromatic rings. The molecule has 1 heterocycles. The van der Waals surface area contributed by atoms with Crippen molar-refractivity contribution in [1.29, 1.82) is 0 Å². The Morgan fingerprint density at radius 3 is 2.41 bits per heavy atom. The van der Waals surface area contributed by atoms with Crippen LogP contribution in [0.15, 0.2) is 82.5 Å². The van der Waals surface area contributed by atoms with Gasteiger partial charge in [0.2, 0.25) is 0 Å². The van der Waals surface area contributed by atoms with Crippen molar-refractivity contribution in [2.75, 3.05) is 0 Å². The maximum absolute atomic E-state index is 11.8. The third-order valence-corrected chi connectivity index (χ3v) is 4.06. The molecular formula is C22H21N3O4. The summed E-state index contributed by atoms with van der Waals surface area (Å²) >= 11 is 0. The predicted octanol–water partition coefficient (Wildman–Crippen LogP) is 3.02. The zero-order chi connectivity index (χ0) is 20.5. The van der Waals surface area contributed by atoms with Gasteiger partial charge < -0.3 is 14.5 Å². The Labute approximate surface area is 168 Å².